The first-order chi connectivity index (χ1) is 8.83. The van der Waals surface area contributed by atoms with Crippen LogP contribution in [0.25, 0.3) is 0 Å². The van der Waals surface area contributed by atoms with Crippen molar-refractivity contribution in [2.75, 3.05) is 32.8 Å². The Balaban J connectivity index is 1.70. The van der Waals surface area contributed by atoms with Crippen LogP contribution >= 0.6 is 0 Å². The third kappa shape index (κ3) is 2.52. The van der Waals surface area contributed by atoms with E-state index in [1.165, 1.54) is 25.2 Å². The van der Waals surface area contributed by atoms with Gasteiger partial charge in [0, 0.05) is 38.1 Å². The number of para-hydroxylation sites is 1. The van der Waals surface area contributed by atoms with Crippen LogP contribution in [0, 0.1) is 0 Å². The largest absolute Gasteiger partial charge is 0.493 e. The third-order valence-electron chi connectivity index (χ3n) is 4.01. The van der Waals surface area contributed by atoms with Gasteiger partial charge in [0.05, 0.1) is 6.61 Å². The molecule has 2 atom stereocenters. The highest BCUT2D eigenvalue weighted by molar-refractivity contribution is 5.37. The van der Waals surface area contributed by atoms with Crippen molar-refractivity contribution < 1.29 is 4.74 Å². The van der Waals surface area contributed by atoms with Gasteiger partial charge in [-0.05, 0) is 25.0 Å². The summed E-state index contributed by atoms with van der Waals surface area (Å²) in [6, 6.07) is 9.13. The minimum atomic E-state index is 0.619. The van der Waals surface area contributed by atoms with Gasteiger partial charge in [-0.2, -0.15) is 0 Å². The Hall–Kier alpha value is -1.06. The molecular formula is C15H22N2O. The van der Waals surface area contributed by atoms with Crippen LogP contribution in [0.2, 0.25) is 0 Å². The molecule has 1 N–H and O–H groups in total. The van der Waals surface area contributed by atoms with Crippen molar-refractivity contribution in [3.63, 3.8) is 0 Å². The Bertz CT molecular complexity index is 407. The Kier molecular flexibility index (Phi) is 3.52. The third-order valence-corrected chi connectivity index (χ3v) is 4.01. The highest BCUT2D eigenvalue weighted by Crippen LogP contribution is 2.33. The van der Waals surface area contributed by atoms with Crippen molar-refractivity contribution in [3.8, 4) is 5.75 Å². The second-order valence-electron chi connectivity index (χ2n) is 5.49. The number of benzene rings is 1. The molecule has 0 amide bonds. The molecule has 1 saturated heterocycles. The molecule has 3 nitrogen and oxygen atoms in total. The molecule has 2 aliphatic heterocycles. The van der Waals surface area contributed by atoms with Crippen molar-refractivity contribution >= 4 is 0 Å². The van der Waals surface area contributed by atoms with Crippen LogP contribution in [0.3, 0.4) is 0 Å². The second-order valence-corrected chi connectivity index (χ2v) is 5.49. The first-order valence-corrected chi connectivity index (χ1v) is 7.00. The van der Waals surface area contributed by atoms with Crippen molar-refractivity contribution in [1.82, 2.24) is 10.2 Å². The summed E-state index contributed by atoms with van der Waals surface area (Å²) < 4.78 is 5.73. The lowest BCUT2D eigenvalue weighted by Gasteiger charge is -2.36. The molecule has 0 saturated carbocycles. The number of hydrogen-bond donors (Lipinski definition) is 1. The van der Waals surface area contributed by atoms with Gasteiger partial charge in [-0.15, -0.1) is 0 Å². The Morgan fingerprint density at radius 2 is 2.28 bits per heavy atom. The number of rotatable bonds is 2. The standard InChI is InChI=1S/C15H22N2O/c1-12-10-17(8-7-16-12)11-13-6-9-18-15-5-3-2-4-14(13)15/h2-5,12-13,16H,6-11H2,1H3/t12-,13?/m0/s1. The fraction of sp³-hybridized carbons (Fsp3) is 0.600. The van der Waals surface area contributed by atoms with Crippen molar-refractivity contribution in [2.24, 2.45) is 0 Å². The van der Waals surface area contributed by atoms with E-state index in [0.29, 0.717) is 12.0 Å². The minimum absolute atomic E-state index is 0.619. The summed E-state index contributed by atoms with van der Waals surface area (Å²) in [7, 11) is 0. The van der Waals surface area contributed by atoms with E-state index in [0.717, 1.165) is 25.3 Å². The lowest BCUT2D eigenvalue weighted by molar-refractivity contribution is 0.175. The number of hydrogen-bond acceptors (Lipinski definition) is 3. The number of nitrogens with zero attached hydrogens (tertiary/aromatic N) is 1. The Morgan fingerprint density at radius 3 is 3.17 bits per heavy atom. The summed E-state index contributed by atoms with van der Waals surface area (Å²) >= 11 is 0. The lowest BCUT2D eigenvalue weighted by atomic mass is 9.92. The molecule has 0 radical (unpaired) electrons. The Labute approximate surface area is 109 Å². The molecule has 2 heterocycles. The van der Waals surface area contributed by atoms with Gasteiger partial charge in [0.1, 0.15) is 5.75 Å². The van der Waals surface area contributed by atoms with Crippen molar-refractivity contribution in [1.29, 1.82) is 0 Å². The number of nitrogens with one attached hydrogen (secondary N) is 1. The fourth-order valence-corrected chi connectivity index (χ4v) is 3.10. The predicted molar refractivity (Wildman–Crippen MR) is 73.2 cm³/mol. The second kappa shape index (κ2) is 5.29. The van der Waals surface area contributed by atoms with Gasteiger partial charge in [0.25, 0.3) is 0 Å². The van der Waals surface area contributed by atoms with Gasteiger partial charge in [-0.25, -0.2) is 0 Å². The lowest BCUT2D eigenvalue weighted by Crippen LogP contribution is -2.50. The van der Waals surface area contributed by atoms with Crippen molar-refractivity contribution in [3.05, 3.63) is 29.8 Å². The number of ether oxygens (including phenoxy) is 1. The zero-order valence-corrected chi connectivity index (χ0v) is 11.1. The zero-order valence-electron chi connectivity index (χ0n) is 11.1. The molecule has 3 rings (SSSR count). The van der Waals surface area contributed by atoms with Crippen LogP contribution in [0.15, 0.2) is 24.3 Å². The average Bonchev–Trinajstić information content (AvgIpc) is 2.39. The van der Waals surface area contributed by atoms with Gasteiger partial charge >= 0.3 is 0 Å². The summed E-state index contributed by atoms with van der Waals surface area (Å²) in [5, 5.41) is 3.50. The van der Waals surface area contributed by atoms with E-state index in [2.05, 4.69) is 41.4 Å². The van der Waals surface area contributed by atoms with E-state index in [4.69, 9.17) is 4.74 Å². The van der Waals surface area contributed by atoms with E-state index in [1.807, 2.05) is 0 Å². The molecule has 1 unspecified atom stereocenters. The summed E-state index contributed by atoms with van der Waals surface area (Å²) in [5.41, 5.74) is 1.40. The summed E-state index contributed by atoms with van der Waals surface area (Å²) in [5.74, 6) is 1.73. The molecule has 1 aromatic rings. The molecule has 0 spiro atoms. The summed E-state index contributed by atoms with van der Waals surface area (Å²) in [6.45, 7) is 7.76. The quantitative estimate of drug-likeness (QED) is 0.862. The number of fused-ring (bicyclic) bond motifs is 1. The van der Waals surface area contributed by atoms with Crippen LogP contribution in [0.1, 0.15) is 24.8 Å². The van der Waals surface area contributed by atoms with Crippen LogP contribution < -0.4 is 10.1 Å². The van der Waals surface area contributed by atoms with Gasteiger partial charge in [0.15, 0.2) is 0 Å². The van der Waals surface area contributed by atoms with Crippen molar-refractivity contribution in [2.45, 2.75) is 25.3 Å². The maximum Gasteiger partial charge on any atom is 0.122 e. The smallest absolute Gasteiger partial charge is 0.122 e. The predicted octanol–water partition coefficient (Wildman–Crippen LogP) is 1.85. The van der Waals surface area contributed by atoms with Gasteiger partial charge in [0.2, 0.25) is 0 Å². The highest BCUT2D eigenvalue weighted by Gasteiger charge is 2.25. The van der Waals surface area contributed by atoms with E-state index >= 15 is 0 Å². The fourth-order valence-electron chi connectivity index (χ4n) is 3.10. The highest BCUT2D eigenvalue weighted by atomic mass is 16.5. The topological polar surface area (TPSA) is 24.5 Å². The first kappa shape index (κ1) is 12.0. The molecule has 0 aromatic heterocycles. The van der Waals surface area contributed by atoms with E-state index in [-0.39, 0.29) is 0 Å². The van der Waals surface area contributed by atoms with E-state index in [1.54, 1.807) is 0 Å². The maximum absolute atomic E-state index is 5.73. The Morgan fingerprint density at radius 1 is 1.39 bits per heavy atom. The van der Waals surface area contributed by atoms with Crippen LogP contribution in [0.4, 0.5) is 0 Å². The van der Waals surface area contributed by atoms with Gasteiger partial charge in [-0.3, -0.25) is 4.90 Å². The summed E-state index contributed by atoms with van der Waals surface area (Å²) in [6.07, 6.45) is 1.15. The van der Waals surface area contributed by atoms with Crippen LogP contribution in [0.5, 0.6) is 5.75 Å². The van der Waals surface area contributed by atoms with Gasteiger partial charge in [-0.1, -0.05) is 18.2 Å². The molecule has 0 bridgehead atoms. The minimum Gasteiger partial charge on any atom is -0.493 e. The van der Waals surface area contributed by atoms with Crippen LogP contribution in [-0.4, -0.2) is 43.7 Å². The normalized spacial score (nSPS) is 28.5. The molecule has 1 aromatic carbocycles. The molecule has 18 heavy (non-hydrogen) atoms. The molecule has 2 aliphatic rings. The molecular weight excluding hydrogens is 224 g/mol. The maximum atomic E-state index is 5.73. The average molecular weight is 246 g/mol. The van der Waals surface area contributed by atoms with E-state index < -0.39 is 0 Å². The monoisotopic (exact) mass is 246 g/mol. The van der Waals surface area contributed by atoms with Crippen LogP contribution in [-0.2, 0) is 0 Å². The molecule has 1 fully saturated rings. The first-order valence-electron chi connectivity index (χ1n) is 7.00. The summed E-state index contributed by atoms with van der Waals surface area (Å²) in [4.78, 5) is 2.59. The molecule has 0 aliphatic carbocycles. The molecule has 3 heteroatoms. The SMILES string of the molecule is C[C@H]1CN(CC2CCOc3ccccc32)CCN1. The van der Waals surface area contributed by atoms with E-state index in [9.17, 15) is 0 Å². The zero-order chi connectivity index (χ0) is 12.4. The number of piperazine rings is 1. The van der Waals surface area contributed by atoms with Gasteiger partial charge < -0.3 is 10.1 Å². The molecule has 98 valence electrons.